The molecule has 0 radical (unpaired) electrons. The number of aryl methyl sites for hydroxylation is 1. The molecule has 0 saturated heterocycles. The molecule has 0 aliphatic heterocycles. The van der Waals surface area contributed by atoms with E-state index in [0.717, 1.165) is 37.4 Å². The quantitative estimate of drug-likeness (QED) is 0.806. The highest BCUT2D eigenvalue weighted by molar-refractivity contribution is 5.36. The first-order valence-electron chi connectivity index (χ1n) is 8.66. The third kappa shape index (κ3) is 4.69. The van der Waals surface area contributed by atoms with Gasteiger partial charge in [-0.2, -0.15) is 0 Å². The van der Waals surface area contributed by atoms with Crippen LogP contribution in [0.15, 0.2) is 6.07 Å². The SMILES string of the molecule is CCCNc1cc(CCC)nc(C2CCC(C)(C)CC2)n1. The van der Waals surface area contributed by atoms with Crippen LogP contribution in [-0.2, 0) is 6.42 Å². The van der Waals surface area contributed by atoms with Gasteiger partial charge in [0.15, 0.2) is 0 Å². The van der Waals surface area contributed by atoms with Crippen molar-refractivity contribution in [2.75, 3.05) is 11.9 Å². The minimum atomic E-state index is 0.501. The second kappa shape index (κ2) is 7.24. The molecule has 0 atom stereocenters. The van der Waals surface area contributed by atoms with Gasteiger partial charge in [0.05, 0.1) is 0 Å². The summed E-state index contributed by atoms with van der Waals surface area (Å²) < 4.78 is 0. The van der Waals surface area contributed by atoms with Gasteiger partial charge in [0.2, 0.25) is 0 Å². The molecule has 0 amide bonds. The third-order valence-corrected chi connectivity index (χ3v) is 4.56. The summed E-state index contributed by atoms with van der Waals surface area (Å²) in [5, 5.41) is 3.44. The zero-order valence-electron chi connectivity index (χ0n) is 14.2. The van der Waals surface area contributed by atoms with E-state index in [4.69, 9.17) is 9.97 Å². The Kier molecular flexibility index (Phi) is 5.60. The highest BCUT2D eigenvalue weighted by atomic mass is 15.0. The van der Waals surface area contributed by atoms with Crippen LogP contribution in [0.3, 0.4) is 0 Å². The van der Waals surface area contributed by atoms with Crippen molar-refractivity contribution in [1.82, 2.24) is 9.97 Å². The third-order valence-electron chi connectivity index (χ3n) is 4.56. The first-order chi connectivity index (χ1) is 10.0. The summed E-state index contributed by atoms with van der Waals surface area (Å²) in [6.45, 7) is 10.1. The molecule has 0 aromatic carbocycles. The molecule has 2 rings (SSSR count). The Morgan fingerprint density at radius 2 is 1.86 bits per heavy atom. The molecule has 3 nitrogen and oxygen atoms in total. The molecule has 0 spiro atoms. The van der Waals surface area contributed by atoms with Crippen LogP contribution in [0.5, 0.6) is 0 Å². The van der Waals surface area contributed by atoms with Crippen molar-refractivity contribution >= 4 is 5.82 Å². The van der Waals surface area contributed by atoms with Gasteiger partial charge in [-0.3, -0.25) is 0 Å². The summed E-state index contributed by atoms with van der Waals surface area (Å²) in [6.07, 6.45) is 8.36. The first-order valence-corrected chi connectivity index (χ1v) is 8.66. The van der Waals surface area contributed by atoms with E-state index in [1.807, 2.05) is 0 Å². The Labute approximate surface area is 130 Å². The maximum absolute atomic E-state index is 4.85. The Morgan fingerprint density at radius 3 is 2.48 bits per heavy atom. The van der Waals surface area contributed by atoms with E-state index in [1.165, 1.54) is 31.4 Å². The summed E-state index contributed by atoms with van der Waals surface area (Å²) >= 11 is 0. The average molecular weight is 289 g/mol. The van der Waals surface area contributed by atoms with E-state index in [1.54, 1.807) is 0 Å². The standard InChI is InChI=1S/C18H31N3/c1-5-7-15-13-16(19-12-6-2)21-17(20-15)14-8-10-18(3,4)11-9-14/h13-14H,5-12H2,1-4H3,(H,19,20,21). The molecular formula is C18H31N3. The van der Waals surface area contributed by atoms with Crippen LogP contribution < -0.4 is 5.32 Å². The van der Waals surface area contributed by atoms with Gasteiger partial charge in [0, 0.05) is 24.2 Å². The molecule has 118 valence electrons. The second-order valence-corrected chi connectivity index (χ2v) is 7.22. The fourth-order valence-electron chi connectivity index (χ4n) is 3.09. The average Bonchev–Trinajstić information content (AvgIpc) is 2.45. The van der Waals surface area contributed by atoms with E-state index in [9.17, 15) is 0 Å². The van der Waals surface area contributed by atoms with E-state index in [2.05, 4.69) is 39.1 Å². The highest BCUT2D eigenvalue weighted by Gasteiger charge is 2.29. The molecule has 1 aromatic rings. The van der Waals surface area contributed by atoms with Gasteiger partial charge >= 0.3 is 0 Å². The highest BCUT2D eigenvalue weighted by Crippen LogP contribution is 2.41. The molecule has 1 aliphatic carbocycles. The maximum atomic E-state index is 4.85. The van der Waals surface area contributed by atoms with E-state index in [-0.39, 0.29) is 0 Å². The van der Waals surface area contributed by atoms with Crippen LogP contribution in [0.4, 0.5) is 5.82 Å². The van der Waals surface area contributed by atoms with Gasteiger partial charge in [-0.05, 0) is 43.9 Å². The summed E-state index contributed by atoms with van der Waals surface area (Å²) in [5.74, 6) is 2.65. The first kappa shape index (κ1) is 16.3. The monoisotopic (exact) mass is 289 g/mol. The number of hydrogen-bond donors (Lipinski definition) is 1. The topological polar surface area (TPSA) is 37.8 Å². The van der Waals surface area contributed by atoms with Crippen LogP contribution in [0.2, 0.25) is 0 Å². The van der Waals surface area contributed by atoms with Crippen LogP contribution in [0.25, 0.3) is 0 Å². The van der Waals surface area contributed by atoms with Gasteiger partial charge < -0.3 is 5.32 Å². The molecule has 0 bridgehead atoms. The van der Waals surface area contributed by atoms with Crippen LogP contribution in [0, 0.1) is 5.41 Å². The van der Waals surface area contributed by atoms with Gasteiger partial charge in [-0.1, -0.05) is 34.1 Å². The predicted molar refractivity (Wildman–Crippen MR) is 89.8 cm³/mol. The summed E-state index contributed by atoms with van der Waals surface area (Å²) in [5.41, 5.74) is 1.70. The molecule has 1 N–H and O–H groups in total. The molecule has 21 heavy (non-hydrogen) atoms. The number of anilines is 1. The van der Waals surface area contributed by atoms with E-state index < -0.39 is 0 Å². The summed E-state index contributed by atoms with van der Waals surface area (Å²) in [4.78, 5) is 9.65. The van der Waals surface area contributed by atoms with Gasteiger partial charge in [-0.15, -0.1) is 0 Å². The van der Waals surface area contributed by atoms with Crippen LogP contribution in [-0.4, -0.2) is 16.5 Å². The molecule has 1 aromatic heterocycles. The normalized spacial score (nSPS) is 18.7. The lowest BCUT2D eigenvalue weighted by Crippen LogP contribution is -2.22. The Balaban J connectivity index is 2.15. The predicted octanol–water partition coefficient (Wildman–Crippen LogP) is 4.93. The number of nitrogens with one attached hydrogen (secondary N) is 1. The van der Waals surface area contributed by atoms with Gasteiger partial charge in [0.1, 0.15) is 11.6 Å². The fraction of sp³-hybridized carbons (Fsp3) is 0.778. The fourth-order valence-corrected chi connectivity index (χ4v) is 3.09. The number of rotatable bonds is 6. The lowest BCUT2D eigenvalue weighted by molar-refractivity contribution is 0.220. The summed E-state index contributed by atoms with van der Waals surface area (Å²) in [7, 11) is 0. The number of hydrogen-bond acceptors (Lipinski definition) is 3. The van der Waals surface area contributed by atoms with E-state index in [0.29, 0.717) is 11.3 Å². The molecule has 1 heterocycles. The van der Waals surface area contributed by atoms with Crippen molar-refractivity contribution < 1.29 is 0 Å². The molecule has 1 aliphatic rings. The smallest absolute Gasteiger partial charge is 0.134 e. The van der Waals surface area contributed by atoms with Crippen molar-refractivity contribution in [2.45, 2.75) is 78.6 Å². The lowest BCUT2D eigenvalue weighted by atomic mass is 9.73. The van der Waals surface area contributed by atoms with Crippen LogP contribution in [0.1, 0.15) is 83.7 Å². The molecule has 1 saturated carbocycles. The zero-order valence-corrected chi connectivity index (χ0v) is 14.2. The van der Waals surface area contributed by atoms with Crippen molar-refractivity contribution in [3.63, 3.8) is 0 Å². The van der Waals surface area contributed by atoms with Crippen molar-refractivity contribution in [3.05, 3.63) is 17.6 Å². The van der Waals surface area contributed by atoms with E-state index >= 15 is 0 Å². The summed E-state index contributed by atoms with van der Waals surface area (Å²) in [6, 6.07) is 2.13. The molecule has 1 fully saturated rings. The molecular weight excluding hydrogens is 258 g/mol. The van der Waals surface area contributed by atoms with Crippen molar-refractivity contribution in [1.29, 1.82) is 0 Å². The Bertz CT molecular complexity index is 444. The number of aromatic nitrogens is 2. The van der Waals surface area contributed by atoms with Gasteiger partial charge in [-0.25, -0.2) is 9.97 Å². The number of nitrogens with zero attached hydrogens (tertiary/aromatic N) is 2. The zero-order chi connectivity index (χ0) is 15.3. The largest absolute Gasteiger partial charge is 0.370 e. The van der Waals surface area contributed by atoms with Gasteiger partial charge in [0.25, 0.3) is 0 Å². The Hall–Kier alpha value is -1.12. The second-order valence-electron chi connectivity index (χ2n) is 7.22. The van der Waals surface area contributed by atoms with Crippen molar-refractivity contribution in [3.8, 4) is 0 Å². The minimum absolute atomic E-state index is 0.501. The Morgan fingerprint density at radius 1 is 1.14 bits per heavy atom. The van der Waals surface area contributed by atoms with Crippen LogP contribution >= 0.6 is 0 Å². The maximum Gasteiger partial charge on any atom is 0.134 e. The molecule has 3 heteroatoms. The molecule has 0 unspecified atom stereocenters. The van der Waals surface area contributed by atoms with Crippen molar-refractivity contribution in [2.24, 2.45) is 5.41 Å². The minimum Gasteiger partial charge on any atom is -0.370 e. The lowest BCUT2D eigenvalue weighted by Gasteiger charge is -2.33.